The Morgan fingerprint density at radius 3 is 2.35 bits per heavy atom. The van der Waals surface area contributed by atoms with Crippen LogP contribution in [0.4, 0.5) is 0 Å². The fraction of sp³-hybridized carbons (Fsp3) is 0.923. The summed E-state index contributed by atoms with van der Waals surface area (Å²) in [4.78, 5) is 16.3. The molecule has 1 aliphatic rings. The van der Waals surface area contributed by atoms with Gasteiger partial charge in [0.1, 0.15) is 0 Å². The number of nitrogens with two attached hydrogens (primary N) is 1. The molecule has 1 fully saturated rings. The number of hydrogen-bond donors (Lipinski definition) is 2. The summed E-state index contributed by atoms with van der Waals surface area (Å²) in [6, 6.07) is 0.716. The van der Waals surface area contributed by atoms with Crippen molar-refractivity contribution in [1.82, 2.24) is 15.1 Å². The van der Waals surface area contributed by atoms with Gasteiger partial charge in [0.15, 0.2) is 0 Å². The van der Waals surface area contributed by atoms with Gasteiger partial charge in [-0.15, -0.1) is 24.8 Å². The molecule has 7 heteroatoms. The molecule has 1 saturated heterocycles. The predicted octanol–water partition coefficient (Wildman–Crippen LogP) is 0.567. The van der Waals surface area contributed by atoms with Crippen molar-refractivity contribution in [1.29, 1.82) is 0 Å². The second-order valence-corrected chi connectivity index (χ2v) is 5.46. The number of amides is 1. The molecule has 1 amide bonds. The molecule has 0 aromatic heterocycles. The number of halogens is 2. The maximum Gasteiger partial charge on any atom is 0.224 e. The van der Waals surface area contributed by atoms with E-state index in [1.54, 1.807) is 0 Å². The van der Waals surface area contributed by atoms with E-state index in [-0.39, 0.29) is 36.6 Å². The summed E-state index contributed by atoms with van der Waals surface area (Å²) >= 11 is 0. The molecule has 0 aliphatic carbocycles. The standard InChI is InChI=1S/C13H28N4O.2ClH/c1-11(10-14)13(18)15-6-9-17-7-4-12(5-8-17)16(2)3;;/h11-12H,4-10,14H2,1-3H3,(H,15,18);2*1H. The Labute approximate surface area is 135 Å². The zero-order valence-corrected chi connectivity index (χ0v) is 14.4. The lowest BCUT2D eigenvalue weighted by atomic mass is 10.0. The molecule has 1 aliphatic heterocycles. The minimum atomic E-state index is -0.0792. The average molecular weight is 329 g/mol. The van der Waals surface area contributed by atoms with Crippen LogP contribution < -0.4 is 11.1 Å². The fourth-order valence-electron chi connectivity index (χ4n) is 2.28. The van der Waals surface area contributed by atoms with Crippen LogP contribution in [-0.2, 0) is 4.79 Å². The quantitative estimate of drug-likeness (QED) is 0.748. The van der Waals surface area contributed by atoms with Crippen molar-refractivity contribution in [3.05, 3.63) is 0 Å². The smallest absolute Gasteiger partial charge is 0.224 e. The van der Waals surface area contributed by atoms with Crippen molar-refractivity contribution in [2.45, 2.75) is 25.8 Å². The van der Waals surface area contributed by atoms with E-state index in [1.165, 1.54) is 12.8 Å². The van der Waals surface area contributed by atoms with Crippen LogP contribution in [0.3, 0.4) is 0 Å². The Morgan fingerprint density at radius 1 is 1.35 bits per heavy atom. The van der Waals surface area contributed by atoms with Gasteiger partial charge in [-0.05, 0) is 40.0 Å². The van der Waals surface area contributed by atoms with Crippen LogP contribution in [0.2, 0.25) is 0 Å². The third-order valence-corrected chi connectivity index (χ3v) is 3.82. The summed E-state index contributed by atoms with van der Waals surface area (Å²) in [7, 11) is 4.30. The summed E-state index contributed by atoms with van der Waals surface area (Å²) in [6.07, 6.45) is 2.44. The molecule has 0 spiro atoms. The minimum Gasteiger partial charge on any atom is -0.355 e. The Balaban J connectivity index is 0. The average Bonchev–Trinajstić information content (AvgIpc) is 2.38. The van der Waals surface area contributed by atoms with E-state index in [0.717, 1.165) is 26.2 Å². The first-order valence-corrected chi connectivity index (χ1v) is 6.91. The SMILES string of the molecule is CC(CN)C(=O)NCCN1CCC(N(C)C)CC1.Cl.Cl. The van der Waals surface area contributed by atoms with E-state index in [0.29, 0.717) is 12.6 Å². The monoisotopic (exact) mass is 328 g/mol. The number of carbonyl (C=O) groups is 1. The Morgan fingerprint density at radius 2 is 1.90 bits per heavy atom. The van der Waals surface area contributed by atoms with Gasteiger partial charge in [-0.25, -0.2) is 0 Å². The molecular weight excluding hydrogens is 299 g/mol. The number of carbonyl (C=O) groups excluding carboxylic acids is 1. The summed E-state index contributed by atoms with van der Waals surface area (Å²) in [5.41, 5.74) is 5.46. The molecule has 1 atom stereocenters. The number of nitrogens with one attached hydrogen (secondary N) is 1. The van der Waals surface area contributed by atoms with Gasteiger partial charge in [-0.3, -0.25) is 4.79 Å². The zero-order chi connectivity index (χ0) is 13.5. The lowest BCUT2D eigenvalue weighted by molar-refractivity contribution is -0.124. The maximum absolute atomic E-state index is 11.5. The first-order chi connectivity index (χ1) is 8.54. The maximum atomic E-state index is 11.5. The number of likely N-dealkylation sites (tertiary alicyclic amines) is 1. The molecule has 1 heterocycles. The van der Waals surface area contributed by atoms with Crippen molar-refractivity contribution >= 4 is 30.7 Å². The van der Waals surface area contributed by atoms with Crippen molar-refractivity contribution < 1.29 is 4.79 Å². The van der Waals surface area contributed by atoms with E-state index >= 15 is 0 Å². The summed E-state index contributed by atoms with van der Waals surface area (Å²) in [5, 5.41) is 2.94. The Kier molecular flexibility index (Phi) is 12.9. The molecule has 1 unspecified atom stereocenters. The van der Waals surface area contributed by atoms with Crippen molar-refractivity contribution in [2.24, 2.45) is 11.7 Å². The molecule has 1 rings (SSSR count). The van der Waals surface area contributed by atoms with Crippen LogP contribution in [0.25, 0.3) is 0 Å². The van der Waals surface area contributed by atoms with E-state index in [4.69, 9.17) is 5.73 Å². The molecule has 20 heavy (non-hydrogen) atoms. The van der Waals surface area contributed by atoms with E-state index in [2.05, 4.69) is 29.2 Å². The normalized spacial score (nSPS) is 18.1. The third-order valence-electron chi connectivity index (χ3n) is 3.82. The van der Waals surface area contributed by atoms with Gasteiger partial charge in [-0.1, -0.05) is 6.92 Å². The van der Waals surface area contributed by atoms with Gasteiger partial charge < -0.3 is 20.9 Å². The van der Waals surface area contributed by atoms with Gasteiger partial charge in [0.05, 0.1) is 0 Å². The van der Waals surface area contributed by atoms with Crippen molar-refractivity contribution in [3.63, 3.8) is 0 Å². The highest BCUT2D eigenvalue weighted by atomic mass is 35.5. The highest BCUT2D eigenvalue weighted by Crippen LogP contribution is 2.13. The molecule has 0 aromatic carbocycles. The molecule has 3 N–H and O–H groups in total. The first-order valence-electron chi connectivity index (χ1n) is 6.91. The van der Waals surface area contributed by atoms with E-state index in [1.807, 2.05) is 6.92 Å². The second-order valence-electron chi connectivity index (χ2n) is 5.46. The van der Waals surface area contributed by atoms with Gasteiger partial charge >= 0.3 is 0 Å². The molecule has 122 valence electrons. The summed E-state index contributed by atoms with van der Waals surface area (Å²) in [5.74, 6) is -0.00912. The van der Waals surface area contributed by atoms with Crippen LogP contribution in [0.5, 0.6) is 0 Å². The lowest BCUT2D eigenvalue weighted by Crippen LogP contribution is -2.45. The molecule has 5 nitrogen and oxygen atoms in total. The highest BCUT2D eigenvalue weighted by molar-refractivity contribution is 5.85. The predicted molar refractivity (Wildman–Crippen MR) is 88.9 cm³/mol. The van der Waals surface area contributed by atoms with Crippen molar-refractivity contribution in [2.75, 3.05) is 46.8 Å². The van der Waals surface area contributed by atoms with Crippen LogP contribution in [-0.4, -0.2) is 68.6 Å². The van der Waals surface area contributed by atoms with Gasteiger partial charge in [-0.2, -0.15) is 0 Å². The third kappa shape index (κ3) is 7.64. The number of piperidine rings is 1. The van der Waals surface area contributed by atoms with E-state index < -0.39 is 0 Å². The molecular formula is C13H30Cl2N4O. The van der Waals surface area contributed by atoms with Crippen LogP contribution in [0.15, 0.2) is 0 Å². The number of nitrogens with zero attached hydrogens (tertiary/aromatic N) is 2. The topological polar surface area (TPSA) is 61.6 Å². The fourth-order valence-corrected chi connectivity index (χ4v) is 2.28. The van der Waals surface area contributed by atoms with Gasteiger partial charge in [0.2, 0.25) is 5.91 Å². The summed E-state index contributed by atoms with van der Waals surface area (Å²) < 4.78 is 0. The van der Waals surface area contributed by atoms with E-state index in [9.17, 15) is 4.79 Å². The number of hydrogen-bond acceptors (Lipinski definition) is 4. The lowest BCUT2D eigenvalue weighted by Gasteiger charge is -2.35. The zero-order valence-electron chi connectivity index (χ0n) is 12.8. The van der Waals surface area contributed by atoms with Crippen molar-refractivity contribution in [3.8, 4) is 0 Å². The molecule has 0 aromatic rings. The molecule has 0 bridgehead atoms. The van der Waals surface area contributed by atoms with Gasteiger partial charge in [0, 0.05) is 31.6 Å². The van der Waals surface area contributed by atoms with Crippen LogP contribution >= 0.6 is 24.8 Å². The second kappa shape index (κ2) is 11.6. The van der Waals surface area contributed by atoms with Crippen LogP contribution in [0.1, 0.15) is 19.8 Å². The minimum absolute atomic E-state index is 0. The molecule has 0 saturated carbocycles. The molecule has 0 radical (unpaired) electrons. The van der Waals surface area contributed by atoms with Gasteiger partial charge in [0.25, 0.3) is 0 Å². The van der Waals surface area contributed by atoms with Crippen LogP contribution in [0, 0.1) is 5.92 Å². The first kappa shape index (κ1) is 22.2. The number of rotatable bonds is 6. The Bertz CT molecular complexity index is 259. The summed E-state index contributed by atoms with van der Waals surface area (Å²) in [6.45, 7) is 6.22. The largest absolute Gasteiger partial charge is 0.355 e. The Hall–Kier alpha value is -0.0700. The highest BCUT2D eigenvalue weighted by Gasteiger charge is 2.20.